The van der Waals surface area contributed by atoms with Gasteiger partial charge in [0, 0.05) is 18.2 Å². The van der Waals surface area contributed by atoms with Crippen molar-refractivity contribution in [2.75, 3.05) is 32.7 Å². The quantitative estimate of drug-likeness (QED) is 0.0829. The van der Waals surface area contributed by atoms with E-state index in [4.69, 9.17) is 28.0 Å². The van der Waals surface area contributed by atoms with E-state index >= 15 is 4.39 Å². The van der Waals surface area contributed by atoms with Gasteiger partial charge >= 0.3 is 0 Å². The Morgan fingerprint density at radius 2 is 1.48 bits per heavy atom. The number of carbonyl (C=O) groups excluding carboxylic acids is 1. The minimum atomic E-state index is -1.71. The number of aromatic nitrogens is 4. The molecule has 2 aromatic heterocycles. The van der Waals surface area contributed by atoms with E-state index in [-0.39, 0.29) is 35.5 Å². The number of ether oxygens (including phenoxy) is 4. The van der Waals surface area contributed by atoms with Crippen molar-refractivity contribution in [1.29, 1.82) is 0 Å². The van der Waals surface area contributed by atoms with Crippen molar-refractivity contribution in [3.63, 3.8) is 0 Å². The summed E-state index contributed by atoms with van der Waals surface area (Å²) >= 11 is 0. The summed E-state index contributed by atoms with van der Waals surface area (Å²) in [5.74, 6) is 1.63. The Bertz CT molecular complexity index is 2500. The number of anilines is 1. The number of hydrogen-bond donors (Lipinski definition) is 1. The minimum Gasteiger partial charge on any atom is -0.497 e. The summed E-state index contributed by atoms with van der Waals surface area (Å²) in [5.41, 5.74) is 1.95. The van der Waals surface area contributed by atoms with Crippen LogP contribution in [0.4, 0.5) is 10.2 Å². The molecule has 13 nitrogen and oxygen atoms in total. The molecule has 6 aromatic rings. The SMILES string of the molecule is COc1ccc(C(OC[C@H]2O[C@@H](n3cnc4c(NC(=O)c5ccccc5)ncnc43)[C@H](F)[C@@H]2O[P@@]2O[C@](C)(C3CCCC3)[C@@H]3CCCN32)(c2ccccc2)c2ccc(OC)cc2)cc1. The largest absolute Gasteiger partial charge is 0.497 e. The van der Waals surface area contributed by atoms with Crippen LogP contribution in [0.5, 0.6) is 11.5 Å². The van der Waals surface area contributed by atoms with Crippen molar-refractivity contribution < 1.29 is 37.2 Å². The first-order valence-corrected chi connectivity index (χ1v) is 23.2. The first-order valence-electron chi connectivity index (χ1n) is 22.1. The van der Waals surface area contributed by atoms with Gasteiger partial charge in [0.25, 0.3) is 14.4 Å². The second-order valence-corrected chi connectivity index (χ2v) is 18.5. The van der Waals surface area contributed by atoms with Crippen LogP contribution in [0.3, 0.4) is 0 Å². The van der Waals surface area contributed by atoms with E-state index in [1.54, 1.807) is 43.1 Å². The third-order valence-corrected chi connectivity index (χ3v) is 15.4. The molecule has 3 saturated heterocycles. The van der Waals surface area contributed by atoms with E-state index in [1.165, 1.54) is 25.5 Å². The van der Waals surface area contributed by atoms with Gasteiger partial charge in [-0.15, -0.1) is 0 Å². The Kier molecular flexibility index (Phi) is 11.9. The zero-order valence-corrected chi connectivity index (χ0v) is 37.0. The van der Waals surface area contributed by atoms with Crippen molar-refractivity contribution >= 4 is 31.4 Å². The number of imidazole rings is 1. The van der Waals surface area contributed by atoms with Crippen LogP contribution in [0.2, 0.25) is 0 Å². The highest BCUT2D eigenvalue weighted by Gasteiger charge is 2.60. The van der Waals surface area contributed by atoms with Crippen molar-refractivity contribution in [3.8, 4) is 11.5 Å². The van der Waals surface area contributed by atoms with Gasteiger partial charge in [0.05, 0.1) is 32.8 Å². The molecule has 332 valence electrons. The molecule has 1 N–H and O–H groups in total. The number of alkyl halides is 1. The monoisotopic (exact) mass is 886 g/mol. The fraction of sp³-hybridized carbons (Fsp3) is 0.388. The first kappa shape index (κ1) is 42.6. The average molecular weight is 887 g/mol. The number of nitrogens with one attached hydrogen (secondary N) is 1. The Morgan fingerprint density at radius 3 is 2.14 bits per heavy atom. The number of rotatable bonds is 14. The molecule has 64 heavy (non-hydrogen) atoms. The number of amides is 1. The molecule has 5 heterocycles. The van der Waals surface area contributed by atoms with Gasteiger partial charge in [-0.2, -0.15) is 0 Å². The predicted octanol–water partition coefficient (Wildman–Crippen LogP) is 9.40. The molecule has 0 spiro atoms. The summed E-state index contributed by atoms with van der Waals surface area (Å²) in [6.07, 6.45) is 4.46. The maximum Gasteiger partial charge on any atom is 0.260 e. The van der Waals surface area contributed by atoms with E-state index < -0.39 is 44.3 Å². The van der Waals surface area contributed by atoms with Gasteiger partial charge in [-0.1, -0.05) is 85.6 Å². The van der Waals surface area contributed by atoms with Crippen LogP contribution in [0.25, 0.3) is 11.2 Å². The smallest absolute Gasteiger partial charge is 0.260 e. The van der Waals surface area contributed by atoms with Crippen LogP contribution in [-0.4, -0.2) is 87.5 Å². The zero-order chi connectivity index (χ0) is 43.8. The zero-order valence-electron chi connectivity index (χ0n) is 36.1. The van der Waals surface area contributed by atoms with Crippen molar-refractivity contribution in [2.24, 2.45) is 5.92 Å². The molecule has 4 aliphatic rings. The molecule has 7 atom stereocenters. The van der Waals surface area contributed by atoms with Gasteiger partial charge in [-0.05, 0) is 91.6 Å². The Morgan fingerprint density at radius 1 is 0.844 bits per heavy atom. The van der Waals surface area contributed by atoms with Gasteiger partial charge in [0.1, 0.15) is 35.6 Å². The van der Waals surface area contributed by atoms with E-state index in [1.807, 2.05) is 84.9 Å². The predicted molar refractivity (Wildman–Crippen MR) is 240 cm³/mol. The molecule has 1 aliphatic carbocycles. The number of halogens is 1. The molecule has 3 aliphatic heterocycles. The molecule has 4 aromatic carbocycles. The van der Waals surface area contributed by atoms with Gasteiger partial charge < -0.3 is 33.3 Å². The molecule has 10 rings (SSSR count). The molecule has 0 radical (unpaired) electrons. The maximum absolute atomic E-state index is 17.8. The molecule has 0 bridgehead atoms. The van der Waals surface area contributed by atoms with Gasteiger partial charge in [0.15, 0.2) is 29.4 Å². The summed E-state index contributed by atoms with van der Waals surface area (Å²) in [5, 5.41) is 2.85. The fourth-order valence-electron chi connectivity index (χ4n) is 10.2. The molecule has 15 heteroatoms. The van der Waals surface area contributed by atoms with E-state index in [9.17, 15) is 4.79 Å². The van der Waals surface area contributed by atoms with Gasteiger partial charge in [0.2, 0.25) is 0 Å². The number of methoxy groups -OCH3 is 2. The number of fused-ring (bicyclic) bond motifs is 2. The van der Waals surface area contributed by atoms with Crippen molar-refractivity contribution in [2.45, 2.75) is 87.3 Å². The summed E-state index contributed by atoms with van der Waals surface area (Å²) in [7, 11) is 1.61. The molecule has 0 unspecified atom stereocenters. The molecule has 4 fully saturated rings. The third kappa shape index (κ3) is 7.63. The van der Waals surface area contributed by atoms with Crippen LogP contribution in [0.15, 0.2) is 122 Å². The third-order valence-electron chi connectivity index (χ3n) is 13.6. The second kappa shape index (κ2) is 17.9. The number of benzene rings is 4. The lowest BCUT2D eigenvalue weighted by Crippen LogP contribution is -2.44. The highest BCUT2D eigenvalue weighted by atomic mass is 31.2. The number of hydrogen-bond acceptors (Lipinski definition) is 11. The number of carbonyl (C=O) groups is 1. The lowest BCUT2D eigenvalue weighted by atomic mass is 9.80. The van der Waals surface area contributed by atoms with Crippen LogP contribution in [0.1, 0.15) is 78.7 Å². The van der Waals surface area contributed by atoms with Crippen LogP contribution in [0, 0.1) is 5.92 Å². The Labute approximate surface area is 373 Å². The van der Waals surface area contributed by atoms with Crippen molar-refractivity contribution in [3.05, 3.63) is 144 Å². The Balaban J connectivity index is 1.03. The minimum absolute atomic E-state index is 0.0823. The van der Waals surface area contributed by atoms with Crippen molar-refractivity contribution in [1.82, 2.24) is 24.2 Å². The lowest BCUT2D eigenvalue weighted by molar-refractivity contribution is -0.0918. The normalized spacial score (nSPS) is 26.1. The highest BCUT2D eigenvalue weighted by Crippen LogP contribution is 2.64. The van der Waals surface area contributed by atoms with Gasteiger partial charge in [-0.3, -0.25) is 9.36 Å². The standard InChI is InChI=1S/C49H52FN6O7P/c1-48(33-15-10-11-16-33)40-19-12-28-56(40)64(63-48)62-43-39(61-47(41(43)50)55-31-53-42-44(51-30-52-45(42)55)54-46(57)32-13-6-4-7-14-32)29-60-49(34-17-8-5-9-18-34,35-20-24-37(58-2)25-21-35)36-22-26-38(59-3)27-23-36/h4-9,13-14,17-18,20-27,30-31,33,39-41,43,47H,10-12,15-16,19,28-29H2,1-3H3,(H,51,52,54,57)/t39-,40+,41-,43-,47-,48-,64+/m1/s1. The lowest BCUT2D eigenvalue weighted by Gasteiger charge is -2.37. The highest BCUT2D eigenvalue weighted by molar-refractivity contribution is 7.45. The number of nitrogens with zero attached hydrogens (tertiary/aromatic N) is 5. The molecular formula is C49H52FN6O7P. The van der Waals surface area contributed by atoms with E-state index in [2.05, 4.69) is 31.9 Å². The van der Waals surface area contributed by atoms with E-state index in [0.717, 1.165) is 48.9 Å². The second-order valence-electron chi connectivity index (χ2n) is 17.1. The summed E-state index contributed by atoms with van der Waals surface area (Å²) in [4.78, 5) is 26.7. The molecule has 1 amide bonds. The topological polar surface area (TPSA) is 131 Å². The average Bonchev–Trinajstić information content (AvgIpc) is 4.21. The molecule has 1 saturated carbocycles. The summed E-state index contributed by atoms with van der Waals surface area (Å²) in [6.45, 7) is 2.98. The van der Waals surface area contributed by atoms with Gasteiger partial charge in [-0.25, -0.2) is 24.0 Å². The maximum atomic E-state index is 17.8. The van der Waals surface area contributed by atoms with Crippen LogP contribution >= 0.6 is 8.53 Å². The fourth-order valence-corrected chi connectivity index (χ4v) is 12.4. The van der Waals surface area contributed by atoms with Crippen LogP contribution < -0.4 is 14.8 Å². The summed E-state index contributed by atoms with van der Waals surface area (Å²) < 4.78 is 61.1. The summed E-state index contributed by atoms with van der Waals surface area (Å²) in [6, 6.07) is 34.5. The first-order chi connectivity index (χ1) is 31.3. The van der Waals surface area contributed by atoms with E-state index in [0.29, 0.717) is 23.0 Å². The molecular weight excluding hydrogens is 835 g/mol. The Hall–Kier alpha value is -5.34. The van der Waals surface area contributed by atoms with Crippen LogP contribution in [-0.2, 0) is 24.1 Å².